The van der Waals surface area contributed by atoms with Crippen LogP contribution in [0, 0.1) is 27.8 Å². The Labute approximate surface area is 115 Å². The van der Waals surface area contributed by atoms with Gasteiger partial charge >= 0.3 is 5.97 Å². The van der Waals surface area contributed by atoms with Crippen molar-refractivity contribution in [3.8, 4) is 0 Å². The Morgan fingerprint density at radius 1 is 1.50 bits per heavy atom. The molecular weight excluding hydrogens is 267 g/mol. The van der Waals surface area contributed by atoms with E-state index in [9.17, 15) is 19.3 Å². The molecule has 0 spiro atoms. The number of nitro benzene ring substituents is 1. The summed E-state index contributed by atoms with van der Waals surface area (Å²) >= 11 is 0. The molecule has 20 heavy (non-hydrogen) atoms. The fourth-order valence-corrected chi connectivity index (χ4v) is 2.53. The first kappa shape index (κ1) is 14.2. The van der Waals surface area contributed by atoms with Crippen molar-refractivity contribution in [1.82, 2.24) is 0 Å². The van der Waals surface area contributed by atoms with Crippen LogP contribution in [0.3, 0.4) is 0 Å². The van der Waals surface area contributed by atoms with Crippen LogP contribution < -0.4 is 4.90 Å². The number of benzene rings is 1. The highest BCUT2D eigenvalue weighted by atomic mass is 19.1. The molecule has 2 unspecified atom stereocenters. The highest BCUT2D eigenvalue weighted by Gasteiger charge is 2.37. The zero-order chi connectivity index (χ0) is 14.9. The van der Waals surface area contributed by atoms with E-state index in [4.69, 9.17) is 4.74 Å². The van der Waals surface area contributed by atoms with Gasteiger partial charge in [-0.2, -0.15) is 0 Å². The average molecular weight is 282 g/mol. The summed E-state index contributed by atoms with van der Waals surface area (Å²) in [5, 5.41) is 11.0. The number of rotatable bonds is 3. The van der Waals surface area contributed by atoms with Gasteiger partial charge in [0.05, 0.1) is 18.0 Å². The summed E-state index contributed by atoms with van der Waals surface area (Å²) in [5.41, 5.74) is 0.0392. The molecule has 6 nitrogen and oxygen atoms in total. The highest BCUT2D eigenvalue weighted by Crippen LogP contribution is 2.35. The van der Waals surface area contributed by atoms with Crippen molar-refractivity contribution in [2.45, 2.75) is 6.92 Å². The van der Waals surface area contributed by atoms with Gasteiger partial charge in [-0.1, -0.05) is 6.92 Å². The average Bonchev–Trinajstić information content (AvgIpc) is 2.79. The predicted molar refractivity (Wildman–Crippen MR) is 69.9 cm³/mol. The number of carbonyl (C=O) groups is 1. The molecule has 0 N–H and O–H groups in total. The molecule has 1 aliphatic rings. The van der Waals surface area contributed by atoms with Crippen molar-refractivity contribution in [1.29, 1.82) is 0 Å². The number of carbonyl (C=O) groups excluding carboxylic acids is 1. The number of anilines is 1. The van der Waals surface area contributed by atoms with Crippen molar-refractivity contribution in [3.05, 3.63) is 34.1 Å². The molecule has 0 bridgehead atoms. The van der Waals surface area contributed by atoms with E-state index < -0.39 is 10.7 Å². The minimum Gasteiger partial charge on any atom is -0.469 e. The maximum Gasteiger partial charge on any atom is 0.310 e. The molecule has 1 saturated heterocycles. The van der Waals surface area contributed by atoms with Crippen LogP contribution in [-0.4, -0.2) is 31.1 Å². The van der Waals surface area contributed by atoms with Gasteiger partial charge in [-0.3, -0.25) is 14.9 Å². The van der Waals surface area contributed by atoms with E-state index in [1.807, 2.05) is 6.92 Å². The molecule has 0 amide bonds. The first-order chi connectivity index (χ1) is 9.43. The summed E-state index contributed by atoms with van der Waals surface area (Å²) in [5.74, 6) is -1.26. The van der Waals surface area contributed by atoms with E-state index in [2.05, 4.69) is 0 Å². The molecule has 0 saturated carbocycles. The minimum absolute atomic E-state index is 0.00896. The number of ether oxygens (including phenoxy) is 1. The van der Waals surface area contributed by atoms with Gasteiger partial charge in [-0.05, 0) is 12.0 Å². The van der Waals surface area contributed by atoms with Gasteiger partial charge < -0.3 is 9.64 Å². The summed E-state index contributed by atoms with van der Waals surface area (Å²) in [6.45, 7) is 2.61. The molecule has 0 aromatic heterocycles. The van der Waals surface area contributed by atoms with Gasteiger partial charge in [0.15, 0.2) is 0 Å². The summed E-state index contributed by atoms with van der Waals surface area (Å²) in [6.07, 6.45) is 0. The van der Waals surface area contributed by atoms with E-state index in [0.29, 0.717) is 6.54 Å². The lowest BCUT2D eigenvalue weighted by Gasteiger charge is -2.18. The van der Waals surface area contributed by atoms with E-state index >= 15 is 0 Å². The maximum absolute atomic E-state index is 13.3. The molecule has 0 radical (unpaired) electrons. The highest BCUT2D eigenvalue weighted by molar-refractivity contribution is 5.75. The van der Waals surface area contributed by atoms with Gasteiger partial charge in [0.25, 0.3) is 5.69 Å². The van der Waals surface area contributed by atoms with Crippen LogP contribution >= 0.6 is 0 Å². The third-order valence-electron chi connectivity index (χ3n) is 3.59. The van der Waals surface area contributed by atoms with Crippen LogP contribution in [0.25, 0.3) is 0 Å². The SMILES string of the molecule is COC(=O)C1CN(c2cc(F)ccc2[N+](=O)[O-])CC1C. The van der Waals surface area contributed by atoms with Crippen molar-refractivity contribution >= 4 is 17.3 Å². The molecule has 2 atom stereocenters. The van der Waals surface area contributed by atoms with Crippen molar-refractivity contribution in [2.24, 2.45) is 11.8 Å². The van der Waals surface area contributed by atoms with E-state index in [-0.39, 0.29) is 35.7 Å². The van der Waals surface area contributed by atoms with Crippen LogP contribution in [0.4, 0.5) is 15.8 Å². The smallest absolute Gasteiger partial charge is 0.310 e. The summed E-state index contributed by atoms with van der Waals surface area (Å²) in [7, 11) is 1.31. The van der Waals surface area contributed by atoms with Gasteiger partial charge in [0.1, 0.15) is 11.5 Å². The Kier molecular flexibility index (Phi) is 3.87. The Balaban J connectivity index is 2.31. The van der Waals surface area contributed by atoms with Crippen molar-refractivity contribution in [3.63, 3.8) is 0 Å². The number of halogens is 1. The largest absolute Gasteiger partial charge is 0.469 e. The van der Waals surface area contributed by atoms with Crippen LogP contribution in [-0.2, 0) is 9.53 Å². The second kappa shape index (κ2) is 5.44. The molecule has 1 aromatic rings. The van der Waals surface area contributed by atoms with Gasteiger partial charge in [0, 0.05) is 25.2 Å². The third-order valence-corrected chi connectivity index (χ3v) is 3.59. The topological polar surface area (TPSA) is 72.7 Å². The van der Waals surface area contributed by atoms with Crippen LogP contribution in [0.5, 0.6) is 0 Å². The normalized spacial score (nSPS) is 21.9. The molecule has 1 aliphatic heterocycles. The van der Waals surface area contributed by atoms with Crippen LogP contribution in [0.15, 0.2) is 18.2 Å². The number of nitro groups is 1. The van der Waals surface area contributed by atoms with Gasteiger partial charge in [-0.25, -0.2) is 4.39 Å². The lowest BCUT2D eigenvalue weighted by molar-refractivity contribution is -0.384. The zero-order valence-electron chi connectivity index (χ0n) is 11.2. The zero-order valence-corrected chi connectivity index (χ0v) is 11.2. The Bertz CT molecular complexity index is 549. The van der Waals surface area contributed by atoms with Gasteiger partial charge in [-0.15, -0.1) is 0 Å². The van der Waals surface area contributed by atoms with Gasteiger partial charge in [0.2, 0.25) is 0 Å². The number of hydrogen-bond acceptors (Lipinski definition) is 5. The Morgan fingerprint density at radius 2 is 2.20 bits per heavy atom. The molecule has 0 aliphatic carbocycles. The number of nitrogens with zero attached hydrogens (tertiary/aromatic N) is 2. The predicted octanol–water partition coefficient (Wildman–Crippen LogP) is 1.98. The first-order valence-corrected chi connectivity index (χ1v) is 6.20. The minimum atomic E-state index is -0.551. The number of methoxy groups -OCH3 is 1. The molecule has 7 heteroatoms. The number of hydrogen-bond donors (Lipinski definition) is 0. The fraction of sp³-hybridized carbons (Fsp3) is 0.462. The van der Waals surface area contributed by atoms with Crippen molar-refractivity contribution < 1.29 is 18.8 Å². The standard InChI is InChI=1S/C13H15FN2O4/c1-8-6-15(7-10(8)13(17)20-2)12-5-9(14)3-4-11(12)16(18)19/h3-5,8,10H,6-7H2,1-2H3. The van der Waals surface area contributed by atoms with Crippen LogP contribution in [0.1, 0.15) is 6.92 Å². The Hall–Kier alpha value is -2.18. The van der Waals surface area contributed by atoms with Crippen molar-refractivity contribution in [2.75, 3.05) is 25.1 Å². The lowest BCUT2D eigenvalue weighted by atomic mass is 9.99. The molecule has 1 aromatic carbocycles. The third kappa shape index (κ3) is 2.56. The Morgan fingerprint density at radius 3 is 2.80 bits per heavy atom. The quantitative estimate of drug-likeness (QED) is 0.481. The van der Waals surface area contributed by atoms with E-state index in [1.54, 1.807) is 4.90 Å². The fourth-order valence-electron chi connectivity index (χ4n) is 2.53. The maximum atomic E-state index is 13.3. The second-order valence-corrected chi connectivity index (χ2v) is 4.90. The monoisotopic (exact) mass is 282 g/mol. The first-order valence-electron chi connectivity index (χ1n) is 6.20. The summed E-state index contributed by atoms with van der Waals surface area (Å²) in [4.78, 5) is 23.7. The molecule has 108 valence electrons. The molecule has 2 rings (SSSR count). The van der Waals surface area contributed by atoms with E-state index in [0.717, 1.165) is 18.2 Å². The molecule has 1 fully saturated rings. The number of esters is 1. The summed E-state index contributed by atoms with van der Waals surface area (Å²) in [6, 6.07) is 3.32. The summed E-state index contributed by atoms with van der Waals surface area (Å²) < 4.78 is 18.1. The molecular formula is C13H15FN2O4. The second-order valence-electron chi connectivity index (χ2n) is 4.90. The van der Waals surface area contributed by atoms with Crippen LogP contribution in [0.2, 0.25) is 0 Å². The van der Waals surface area contributed by atoms with E-state index in [1.165, 1.54) is 7.11 Å². The lowest BCUT2D eigenvalue weighted by Crippen LogP contribution is -2.24. The molecule has 1 heterocycles.